The van der Waals surface area contributed by atoms with Gasteiger partial charge < -0.3 is 14.8 Å². The molecule has 0 aromatic heterocycles. The van der Waals surface area contributed by atoms with E-state index in [1.54, 1.807) is 47.8 Å². The molecule has 2 fully saturated rings. The van der Waals surface area contributed by atoms with Gasteiger partial charge in [-0.3, -0.25) is 0 Å². The highest BCUT2D eigenvalue weighted by molar-refractivity contribution is 7.89. The van der Waals surface area contributed by atoms with Gasteiger partial charge in [0, 0.05) is 13.1 Å². The standard InChI is InChI=1S/C19H22N2O4S/c1-24-16-2-4-17(5-3-16)25-18-6-8-19(9-7-18)26(22,23)21-12-14-10-20-11-15(14)13-21/h2-9,14-15,20H,10-13H2,1H3/t14-,15+. The van der Waals surface area contributed by atoms with Crippen LogP contribution in [0.2, 0.25) is 0 Å². The van der Waals surface area contributed by atoms with Crippen molar-refractivity contribution >= 4 is 10.0 Å². The molecule has 26 heavy (non-hydrogen) atoms. The van der Waals surface area contributed by atoms with Crippen LogP contribution in [0, 0.1) is 11.8 Å². The fourth-order valence-electron chi connectivity index (χ4n) is 3.62. The molecule has 2 aliphatic rings. The molecule has 7 heteroatoms. The first-order valence-corrected chi connectivity index (χ1v) is 10.1. The number of sulfonamides is 1. The summed E-state index contributed by atoms with van der Waals surface area (Å²) in [5.74, 6) is 2.88. The molecule has 2 atom stereocenters. The van der Waals surface area contributed by atoms with Crippen molar-refractivity contribution in [2.75, 3.05) is 33.3 Å². The van der Waals surface area contributed by atoms with Crippen molar-refractivity contribution in [3.05, 3.63) is 48.5 Å². The Morgan fingerprint density at radius 1 is 0.885 bits per heavy atom. The van der Waals surface area contributed by atoms with Gasteiger partial charge in [-0.2, -0.15) is 4.31 Å². The molecule has 2 aliphatic heterocycles. The molecule has 138 valence electrons. The van der Waals surface area contributed by atoms with Crippen molar-refractivity contribution in [1.82, 2.24) is 9.62 Å². The first-order chi connectivity index (χ1) is 12.6. The van der Waals surface area contributed by atoms with Crippen molar-refractivity contribution in [3.63, 3.8) is 0 Å². The Labute approximate surface area is 153 Å². The molecule has 0 unspecified atom stereocenters. The number of hydrogen-bond acceptors (Lipinski definition) is 5. The van der Waals surface area contributed by atoms with E-state index < -0.39 is 10.0 Å². The summed E-state index contributed by atoms with van der Waals surface area (Å²) in [6.45, 7) is 3.02. The molecule has 2 heterocycles. The molecule has 6 nitrogen and oxygen atoms in total. The summed E-state index contributed by atoms with van der Waals surface area (Å²) >= 11 is 0. The normalized spacial score (nSPS) is 23.0. The Morgan fingerprint density at radius 3 is 1.92 bits per heavy atom. The van der Waals surface area contributed by atoms with Crippen LogP contribution in [0.1, 0.15) is 0 Å². The number of nitrogens with one attached hydrogen (secondary N) is 1. The summed E-state index contributed by atoms with van der Waals surface area (Å²) in [5, 5.41) is 3.33. The van der Waals surface area contributed by atoms with E-state index in [9.17, 15) is 8.42 Å². The maximum Gasteiger partial charge on any atom is 0.243 e. The topological polar surface area (TPSA) is 67.9 Å². The molecule has 1 N–H and O–H groups in total. The Morgan fingerprint density at radius 2 is 1.38 bits per heavy atom. The molecule has 2 saturated heterocycles. The molecule has 2 aromatic carbocycles. The second kappa shape index (κ2) is 6.90. The molecule has 0 bridgehead atoms. The highest BCUT2D eigenvalue weighted by Crippen LogP contribution is 2.32. The van der Waals surface area contributed by atoms with Crippen LogP contribution in [-0.4, -0.2) is 46.0 Å². The fourth-order valence-corrected chi connectivity index (χ4v) is 5.17. The van der Waals surface area contributed by atoms with Crippen molar-refractivity contribution in [2.24, 2.45) is 11.8 Å². The van der Waals surface area contributed by atoms with Crippen molar-refractivity contribution in [1.29, 1.82) is 0 Å². The summed E-state index contributed by atoms with van der Waals surface area (Å²) in [4.78, 5) is 0.313. The van der Waals surface area contributed by atoms with Gasteiger partial charge in [-0.15, -0.1) is 0 Å². The van der Waals surface area contributed by atoms with Crippen LogP contribution in [0.4, 0.5) is 0 Å². The van der Waals surface area contributed by atoms with Gasteiger partial charge in [-0.05, 0) is 73.5 Å². The number of rotatable bonds is 5. The fraction of sp³-hybridized carbons (Fsp3) is 0.368. The highest BCUT2D eigenvalue weighted by Gasteiger charge is 2.41. The lowest BCUT2D eigenvalue weighted by Gasteiger charge is -2.17. The number of benzene rings is 2. The van der Waals surface area contributed by atoms with Gasteiger partial charge in [0.15, 0.2) is 0 Å². The monoisotopic (exact) mass is 374 g/mol. The van der Waals surface area contributed by atoms with Gasteiger partial charge in [-0.25, -0.2) is 8.42 Å². The van der Waals surface area contributed by atoms with Crippen LogP contribution in [0.15, 0.2) is 53.4 Å². The van der Waals surface area contributed by atoms with E-state index in [-0.39, 0.29) is 0 Å². The minimum absolute atomic E-state index is 0.313. The minimum Gasteiger partial charge on any atom is -0.497 e. The summed E-state index contributed by atoms with van der Waals surface area (Å²) < 4.78 is 38.2. The molecular weight excluding hydrogens is 352 g/mol. The van der Waals surface area contributed by atoms with E-state index in [2.05, 4.69) is 5.32 Å². The van der Waals surface area contributed by atoms with Crippen molar-refractivity contribution < 1.29 is 17.9 Å². The van der Waals surface area contributed by atoms with Gasteiger partial charge in [0.2, 0.25) is 10.0 Å². The zero-order valence-electron chi connectivity index (χ0n) is 14.6. The second-order valence-electron chi connectivity index (χ2n) is 6.75. The summed E-state index contributed by atoms with van der Waals surface area (Å²) in [5.41, 5.74) is 0. The lowest BCUT2D eigenvalue weighted by molar-refractivity contribution is 0.413. The second-order valence-corrected chi connectivity index (χ2v) is 8.69. The molecule has 0 radical (unpaired) electrons. The number of fused-ring (bicyclic) bond motifs is 1. The van der Waals surface area contributed by atoms with E-state index in [4.69, 9.17) is 9.47 Å². The van der Waals surface area contributed by atoms with Gasteiger partial charge in [0.25, 0.3) is 0 Å². The quantitative estimate of drug-likeness (QED) is 0.870. The Hall–Kier alpha value is -2.09. The van der Waals surface area contributed by atoms with E-state index in [0.29, 0.717) is 41.3 Å². The number of hydrogen-bond donors (Lipinski definition) is 1. The van der Waals surface area contributed by atoms with Crippen LogP contribution in [0.3, 0.4) is 0 Å². The molecule has 0 saturated carbocycles. The average Bonchev–Trinajstić information content (AvgIpc) is 3.25. The zero-order chi connectivity index (χ0) is 18.1. The molecule has 0 aliphatic carbocycles. The first-order valence-electron chi connectivity index (χ1n) is 8.69. The zero-order valence-corrected chi connectivity index (χ0v) is 15.4. The van der Waals surface area contributed by atoms with E-state index in [0.717, 1.165) is 18.8 Å². The Kier molecular flexibility index (Phi) is 4.60. The SMILES string of the molecule is COc1ccc(Oc2ccc(S(=O)(=O)N3C[C@H]4CNC[C@H]4C3)cc2)cc1. The maximum atomic E-state index is 12.9. The van der Waals surface area contributed by atoms with Gasteiger partial charge in [0.1, 0.15) is 17.2 Å². The van der Waals surface area contributed by atoms with Gasteiger partial charge >= 0.3 is 0 Å². The number of nitrogens with zero attached hydrogens (tertiary/aromatic N) is 1. The largest absolute Gasteiger partial charge is 0.497 e. The van der Waals surface area contributed by atoms with Crippen LogP contribution in [-0.2, 0) is 10.0 Å². The number of methoxy groups -OCH3 is 1. The first kappa shape index (κ1) is 17.3. The smallest absolute Gasteiger partial charge is 0.243 e. The lowest BCUT2D eigenvalue weighted by Crippen LogP contribution is -2.31. The third-order valence-electron chi connectivity index (χ3n) is 5.11. The summed E-state index contributed by atoms with van der Waals surface area (Å²) in [6, 6.07) is 13.8. The van der Waals surface area contributed by atoms with Crippen LogP contribution < -0.4 is 14.8 Å². The van der Waals surface area contributed by atoms with E-state index in [1.165, 1.54) is 0 Å². The van der Waals surface area contributed by atoms with E-state index >= 15 is 0 Å². The average molecular weight is 374 g/mol. The van der Waals surface area contributed by atoms with Gasteiger partial charge in [-0.1, -0.05) is 0 Å². The Bertz CT molecular complexity index is 853. The lowest BCUT2D eigenvalue weighted by atomic mass is 10.0. The van der Waals surface area contributed by atoms with Crippen molar-refractivity contribution in [3.8, 4) is 17.2 Å². The molecule has 2 aromatic rings. The van der Waals surface area contributed by atoms with Crippen LogP contribution >= 0.6 is 0 Å². The minimum atomic E-state index is -3.45. The number of ether oxygens (including phenoxy) is 2. The molecule has 0 amide bonds. The summed E-state index contributed by atoms with van der Waals surface area (Å²) in [6.07, 6.45) is 0. The van der Waals surface area contributed by atoms with Crippen LogP contribution in [0.5, 0.6) is 17.2 Å². The molecular formula is C19H22N2O4S. The third kappa shape index (κ3) is 3.30. The summed E-state index contributed by atoms with van der Waals surface area (Å²) in [7, 11) is -1.84. The van der Waals surface area contributed by atoms with E-state index in [1.807, 2.05) is 12.1 Å². The Balaban J connectivity index is 1.46. The predicted molar refractivity (Wildman–Crippen MR) is 98.1 cm³/mol. The van der Waals surface area contributed by atoms with Crippen molar-refractivity contribution in [2.45, 2.75) is 4.90 Å². The molecule has 0 spiro atoms. The molecule has 4 rings (SSSR count). The predicted octanol–water partition coefficient (Wildman–Crippen LogP) is 2.33. The van der Waals surface area contributed by atoms with Gasteiger partial charge in [0.05, 0.1) is 12.0 Å². The maximum absolute atomic E-state index is 12.9. The highest BCUT2D eigenvalue weighted by atomic mass is 32.2. The van der Waals surface area contributed by atoms with Crippen LogP contribution in [0.25, 0.3) is 0 Å². The third-order valence-corrected chi connectivity index (χ3v) is 6.96.